The van der Waals surface area contributed by atoms with Gasteiger partial charge in [0.05, 0.1) is 27.1 Å². The molecule has 7 nitrogen and oxygen atoms in total. The van der Waals surface area contributed by atoms with Gasteiger partial charge < -0.3 is 10.6 Å². The number of nitrogens with zero attached hydrogens (tertiary/aromatic N) is 2. The lowest BCUT2D eigenvalue weighted by Gasteiger charge is -2.16. The smallest absolute Gasteiger partial charge is 0.271 e. The molecule has 0 saturated carbocycles. The first kappa shape index (κ1) is 15.2. The standard InChI is InChI=1S/C10H9Cl2N3O4/c1-14(4-8(13)16)10(17)6-2-5(15(18)19)3-7(11)9(6)12/h2-3H,4H2,1H3,(H2,13,16). The highest BCUT2D eigenvalue weighted by molar-refractivity contribution is 6.44. The number of rotatable bonds is 4. The Morgan fingerprint density at radius 3 is 2.47 bits per heavy atom. The zero-order chi connectivity index (χ0) is 14.7. The molecule has 0 aliphatic rings. The molecular weight excluding hydrogens is 297 g/mol. The number of non-ortho nitro benzene ring substituents is 1. The van der Waals surface area contributed by atoms with Crippen molar-refractivity contribution in [2.24, 2.45) is 5.73 Å². The molecule has 0 spiro atoms. The van der Waals surface area contributed by atoms with Crippen LogP contribution in [-0.2, 0) is 4.79 Å². The summed E-state index contributed by atoms with van der Waals surface area (Å²) in [6.07, 6.45) is 0. The highest BCUT2D eigenvalue weighted by atomic mass is 35.5. The third-order valence-electron chi connectivity index (χ3n) is 2.19. The van der Waals surface area contributed by atoms with E-state index in [0.29, 0.717) is 0 Å². The molecule has 0 aliphatic carbocycles. The first-order valence-corrected chi connectivity index (χ1v) is 5.66. The third kappa shape index (κ3) is 3.55. The Morgan fingerprint density at radius 2 is 2.00 bits per heavy atom. The molecular formula is C10H9Cl2N3O4. The van der Waals surface area contributed by atoms with Gasteiger partial charge in [-0.15, -0.1) is 0 Å². The van der Waals surface area contributed by atoms with Crippen molar-refractivity contribution in [2.75, 3.05) is 13.6 Å². The van der Waals surface area contributed by atoms with Crippen molar-refractivity contribution in [2.45, 2.75) is 0 Å². The number of halogens is 2. The van der Waals surface area contributed by atoms with Crippen LogP contribution in [0.4, 0.5) is 5.69 Å². The number of nitro groups is 1. The minimum Gasteiger partial charge on any atom is -0.368 e. The fourth-order valence-corrected chi connectivity index (χ4v) is 1.75. The summed E-state index contributed by atoms with van der Waals surface area (Å²) < 4.78 is 0. The van der Waals surface area contributed by atoms with Crippen molar-refractivity contribution in [3.05, 3.63) is 37.9 Å². The lowest BCUT2D eigenvalue weighted by Crippen LogP contribution is -2.35. The van der Waals surface area contributed by atoms with E-state index >= 15 is 0 Å². The fraction of sp³-hybridized carbons (Fsp3) is 0.200. The van der Waals surface area contributed by atoms with Crippen molar-refractivity contribution in [3.8, 4) is 0 Å². The first-order chi connectivity index (χ1) is 8.73. The molecule has 0 unspecified atom stereocenters. The topological polar surface area (TPSA) is 107 Å². The zero-order valence-corrected chi connectivity index (χ0v) is 11.2. The van der Waals surface area contributed by atoms with Crippen LogP contribution in [0.1, 0.15) is 10.4 Å². The Bertz CT molecular complexity index is 562. The van der Waals surface area contributed by atoms with Crippen LogP contribution in [0.3, 0.4) is 0 Å². The van der Waals surface area contributed by atoms with Gasteiger partial charge in [-0.2, -0.15) is 0 Å². The van der Waals surface area contributed by atoms with Gasteiger partial charge >= 0.3 is 0 Å². The average Bonchev–Trinajstić information content (AvgIpc) is 2.30. The normalized spacial score (nSPS) is 10.1. The summed E-state index contributed by atoms with van der Waals surface area (Å²) in [5.74, 6) is -1.40. The van der Waals surface area contributed by atoms with Crippen LogP contribution in [-0.4, -0.2) is 35.2 Å². The van der Waals surface area contributed by atoms with Gasteiger partial charge in [0.2, 0.25) is 5.91 Å². The van der Waals surface area contributed by atoms with E-state index in [2.05, 4.69) is 0 Å². The van der Waals surface area contributed by atoms with Gasteiger partial charge in [0.25, 0.3) is 11.6 Å². The Hall–Kier alpha value is -1.86. The predicted molar refractivity (Wildman–Crippen MR) is 69.3 cm³/mol. The van der Waals surface area contributed by atoms with Gasteiger partial charge in [-0.1, -0.05) is 23.2 Å². The van der Waals surface area contributed by atoms with Crippen molar-refractivity contribution >= 4 is 40.7 Å². The van der Waals surface area contributed by atoms with Gasteiger partial charge in [-0.05, 0) is 0 Å². The lowest BCUT2D eigenvalue weighted by molar-refractivity contribution is -0.384. The molecule has 0 saturated heterocycles. The molecule has 2 amide bonds. The molecule has 0 fully saturated rings. The van der Waals surface area contributed by atoms with Crippen LogP contribution in [0, 0.1) is 10.1 Å². The molecule has 1 aromatic carbocycles. The molecule has 102 valence electrons. The molecule has 0 heterocycles. The maximum atomic E-state index is 12.0. The summed E-state index contributed by atoms with van der Waals surface area (Å²) in [7, 11) is 1.32. The minimum atomic E-state index is -0.719. The van der Waals surface area contributed by atoms with Crippen LogP contribution < -0.4 is 5.73 Å². The van der Waals surface area contributed by atoms with Crippen LogP contribution in [0.5, 0.6) is 0 Å². The number of nitro benzene ring substituents is 1. The number of hydrogen-bond acceptors (Lipinski definition) is 4. The van der Waals surface area contributed by atoms with E-state index in [1.54, 1.807) is 0 Å². The molecule has 0 atom stereocenters. The summed E-state index contributed by atoms with van der Waals surface area (Å²) in [4.78, 5) is 33.7. The van der Waals surface area contributed by atoms with E-state index in [1.807, 2.05) is 0 Å². The average molecular weight is 306 g/mol. The highest BCUT2D eigenvalue weighted by Gasteiger charge is 2.22. The maximum absolute atomic E-state index is 12.0. The van der Waals surface area contributed by atoms with E-state index in [0.717, 1.165) is 17.0 Å². The summed E-state index contributed by atoms with van der Waals surface area (Å²) in [6.45, 7) is -0.338. The van der Waals surface area contributed by atoms with Crippen molar-refractivity contribution in [1.29, 1.82) is 0 Å². The molecule has 2 N–H and O–H groups in total. The quantitative estimate of drug-likeness (QED) is 0.671. The molecule has 0 aromatic heterocycles. The zero-order valence-electron chi connectivity index (χ0n) is 9.72. The van der Waals surface area contributed by atoms with Crippen LogP contribution in [0.2, 0.25) is 10.0 Å². The second kappa shape index (κ2) is 5.85. The number of nitrogens with two attached hydrogens (primary N) is 1. The molecule has 0 bridgehead atoms. The summed E-state index contributed by atoms with van der Waals surface area (Å²) >= 11 is 11.5. The van der Waals surface area contributed by atoms with Gasteiger partial charge in [-0.25, -0.2) is 0 Å². The number of benzene rings is 1. The summed E-state index contributed by atoms with van der Waals surface area (Å²) in [5.41, 5.74) is 4.42. The fourth-order valence-electron chi connectivity index (χ4n) is 1.35. The molecule has 0 radical (unpaired) electrons. The van der Waals surface area contributed by atoms with Gasteiger partial charge in [0.1, 0.15) is 0 Å². The molecule has 19 heavy (non-hydrogen) atoms. The van der Waals surface area contributed by atoms with E-state index in [9.17, 15) is 19.7 Å². The van der Waals surface area contributed by atoms with Crippen molar-refractivity contribution < 1.29 is 14.5 Å². The third-order valence-corrected chi connectivity index (χ3v) is 3.00. The maximum Gasteiger partial charge on any atom is 0.271 e. The first-order valence-electron chi connectivity index (χ1n) is 4.91. The Balaban J connectivity index is 3.22. The van der Waals surface area contributed by atoms with Crippen LogP contribution >= 0.6 is 23.2 Å². The van der Waals surface area contributed by atoms with Crippen LogP contribution in [0.25, 0.3) is 0 Å². The number of amides is 2. The Morgan fingerprint density at radius 1 is 1.42 bits per heavy atom. The minimum absolute atomic E-state index is 0.117. The van der Waals surface area contributed by atoms with Crippen molar-refractivity contribution in [1.82, 2.24) is 4.90 Å². The predicted octanol–water partition coefficient (Wildman–Crippen LogP) is 1.46. The van der Waals surface area contributed by atoms with Gasteiger partial charge in [0, 0.05) is 19.2 Å². The molecule has 1 aromatic rings. The van der Waals surface area contributed by atoms with Gasteiger partial charge in [0.15, 0.2) is 0 Å². The second-order valence-electron chi connectivity index (χ2n) is 3.67. The summed E-state index contributed by atoms with van der Waals surface area (Å²) in [6, 6.07) is 2.03. The van der Waals surface area contributed by atoms with Crippen LogP contribution in [0.15, 0.2) is 12.1 Å². The van der Waals surface area contributed by atoms with E-state index in [-0.39, 0.29) is 27.8 Å². The number of primary amides is 1. The van der Waals surface area contributed by atoms with Gasteiger partial charge in [-0.3, -0.25) is 19.7 Å². The number of likely N-dealkylation sites (N-methyl/N-ethyl adjacent to an activating group) is 1. The SMILES string of the molecule is CN(CC(N)=O)C(=O)c1cc([N+](=O)[O-])cc(Cl)c1Cl. The Labute approximate surface area is 118 Å². The van der Waals surface area contributed by atoms with E-state index < -0.39 is 16.7 Å². The number of hydrogen-bond donors (Lipinski definition) is 1. The summed E-state index contributed by atoms with van der Waals surface area (Å²) in [5, 5.41) is 10.5. The largest absolute Gasteiger partial charge is 0.368 e. The molecule has 1 rings (SSSR count). The van der Waals surface area contributed by atoms with E-state index in [1.165, 1.54) is 7.05 Å². The number of carbonyl (C=O) groups excluding carboxylic acids is 2. The second-order valence-corrected chi connectivity index (χ2v) is 4.46. The molecule has 0 aliphatic heterocycles. The lowest BCUT2D eigenvalue weighted by atomic mass is 10.1. The highest BCUT2D eigenvalue weighted by Crippen LogP contribution is 2.31. The number of carbonyl (C=O) groups is 2. The molecule has 9 heteroatoms. The monoisotopic (exact) mass is 305 g/mol. The van der Waals surface area contributed by atoms with E-state index in [4.69, 9.17) is 28.9 Å². The Kier molecular flexibility index (Phi) is 4.68. The van der Waals surface area contributed by atoms with Crippen molar-refractivity contribution in [3.63, 3.8) is 0 Å².